The Morgan fingerprint density at radius 3 is 1.12 bits per heavy atom. The fraction of sp³-hybridized carbons (Fsp3) is 0.116. The van der Waals surface area contributed by atoms with E-state index in [-0.39, 0.29) is 17.5 Å². The van der Waals surface area contributed by atoms with Crippen molar-refractivity contribution >= 4 is 100 Å². The van der Waals surface area contributed by atoms with Gasteiger partial charge in [0.2, 0.25) is 0 Å². The van der Waals surface area contributed by atoms with E-state index in [0.29, 0.717) is 17.5 Å². The molecule has 0 fully saturated rings. The molecule has 75 heavy (non-hydrogen) atoms. The van der Waals surface area contributed by atoms with Crippen LogP contribution in [0.15, 0.2) is 218 Å². The van der Waals surface area contributed by atoms with Crippen LogP contribution in [0.4, 0.5) is 34.1 Å². The van der Waals surface area contributed by atoms with Gasteiger partial charge in [-0.05, 0) is 107 Å². The summed E-state index contributed by atoms with van der Waals surface area (Å²) >= 11 is 0. The maximum Gasteiger partial charge on any atom is 0.252 e. The van der Waals surface area contributed by atoms with Crippen molar-refractivity contribution in [2.45, 2.75) is 52.4 Å². The van der Waals surface area contributed by atoms with Gasteiger partial charge in [0.1, 0.15) is 0 Å². The molecule has 0 N–H and O–H groups in total. The average molecular weight is 964 g/mol. The zero-order valence-electron chi connectivity index (χ0n) is 43.1. The summed E-state index contributed by atoms with van der Waals surface area (Å²) in [6.45, 7) is 13.6. The van der Waals surface area contributed by atoms with Gasteiger partial charge >= 0.3 is 0 Å². The normalized spacial score (nSPS) is 13.1. The highest BCUT2D eigenvalue weighted by Crippen LogP contribution is 2.50. The monoisotopic (exact) mass is 963 g/mol. The van der Waals surface area contributed by atoms with Crippen LogP contribution in [0.25, 0.3) is 77.3 Å². The second-order valence-corrected chi connectivity index (χ2v) is 22.4. The number of nitrogens with zero attached hydrogens (tertiary/aromatic N) is 5. The Balaban J connectivity index is 1.15. The Morgan fingerprint density at radius 1 is 0.333 bits per heavy atom. The van der Waals surface area contributed by atoms with Crippen molar-refractivity contribution in [2.75, 3.05) is 9.80 Å². The maximum absolute atomic E-state index is 5.43. The first-order valence-electron chi connectivity index (χ1n) is 26.2. The van der Waals surface area contributed by atoms with E-state index in [0.717, 1.165) is 39.4 Å². The molecular formula is C69H54BN5. The van der Waals surface area contributed by atoms with Gasteiger partial charge in [0.25, 0.3) is 6.71 Å². The van der Waals surface area contributed by atoms with Crippen molar-refractivity contribution in [1.82, 2.24) is 15.0 Å². The van der Waals surface area contributed by atoms with Gasteiger partial charge in [-0.25, -0.2) is 15.0 Å². The lowest BCUT2D eigenvalue weighted by Gasteiger charge is -2.45. The summed E-state index contributed by atoms with van der Waals surface area (Å²) < 4.78 is 0. The van der Waals surface area contributed by atoms with Gasteiger partial charge in [0.05, 0.1) is 0 Å². The van der Waals surface area contributed by atoms with Crippen molar-refractivity contribution in [3.05, 3.63) is 230 Å². The Labute approximate surface area is 438 Å². The number of hydrogen-bond acceptors (Lipinski definition) is 5. The van der Waals surface area contributed by atoms with E-state index in [1.54, 1.807) is 0 Å². The fourth-order valence-corrected chi connectivity index (χ4v) is 12.0. The van der Waals surface area contributed by atoms with Crippen molar-refractivity contribution in [3.8, 4) is 34.2 Å². The number of fused-ring (bicyclic) bond motifs is 12. The Morgan fingerprint density at radius 2 is 0.707 bits per heavy atom. The molecule has 0 saturated carbocycles. The summed E-state index contributed by atoms with van der Waals surface area (Å²) in [5.41, 5.74) is 15.8. The lowest BCUT2D eigenvalue weighted by atomic mass is 9.33. The van der Waals surface area contributed by atoms with Crippen LogP contribution in [-0.4, -0.2) is 21.7 Å². The van der Waals surface area contributed by atoms with Crippen LogP contribution in [0.2, 0.25) is 0 Å². The molecule has 6 heteroatoms. The van der Waals surface area contributed by atoms with Crippen molar-refractivity contribution in [1.29, 1.82) is 0 Å². The van der Waals surface area contributed by atoms with Gasteiger partial charge < -0.3 is 9.80 Å². The van der Waals surface area contributed by atoms with Crippen LogP contribution < -0.4 is 26.2 Å². The van der Waals surface area contributed by atoms with Crippen LogP contribution in [0.3, 0.4) is 0 Å². The minimum atomic E-state index is -0.130. The van der Waals surface area contributed by atoms with E-state index in [9.17, 15) is 0 Å². The van der Waals surface area contributed by atoms with Crippen LogP contribution in [0, 0.1) is 0 Å². The van der Waals surface area contributed by atoms with Gasteiger partial charge in [-0.3, -0.25) is 0 Å². The topological polar surface area (TPSA) is 45.2 Å². The molecule has 0 spiro atoms. The van der Waals surface area contributed by atoms with E-state index in [2.05, 4.69) is 233 Å². The van der Waals surface area contributed by atoms with Gasteiger partial charge in [0.15, 0.2) is 17.5 Å². The molecule has 3 heterocycles. The molecule has 358 valence electrons. The molecule has 0 atom stereocenters. The molecule has 0 amide bonds. The van der Waals surface area contributed by atoms with Gasteiger partial charge in [-0.2, -0.15) is 0 Å². The highest BCUT2D eigenvalue weighted by atomic mass is 15.2. The van der Waals surface area contributed by atoms with Gasteiger partial charge in [-0.15, -0.1) is 0 Å². The number of hydrogen-bond donors (Lipinski definition) is 0. The molecule has 11 aromatic carbocycles. The lowest BCUT2D eigenvalue weighted by Crippen LogP contribution is -2.61. The van der Waals surface area contributed by atoms with Crippen LogP contribution in [0.5, 0.6) is 0 Å². The lowest BCUT2D eigenvalue weighted by molar-refractivity contribution is 0.590. The summed E-state index contributed by atoms with van der Waals surface area (Å²) in [4.78, 5) is 21.1. The Hall–Kier alpha value is -8.87. The molecule has 0 bridgehead atoms. The predicted octanol–water partition coefficient (Wildman–Crippen LogP) is 16.2. The highest BCUT2D eigenvalue weighted by molar-refractivity contribution is 7.00. The zero-order chi connectivity index (χ0) is 50.7. The third-order valence-electron chi connectivity index (χ3n) is 15.8. The molecule has 5 nitrogen and oxygen atoms in total. The Kier molecular flexibility index (Phi) is 10.1. The molecule has 14 rings (SSSR count). The molecule has 2 aliphatic rings. The van der Waals surface area contributed by atoms with Crippen LogP contribution >= 0.6 is 0 Å². The van der Waals surface area contributed by atoms with Crippen molar-refractivity contribution in [2.24, 2.45) is 0 Å². The standard InChI is InChI=1S/C69H54BN5/c1-68(2,3)48-27-31-50(32-28-48)74-60-41-47(67-72-65(45-19-9-7-10-20-45)71-66(73-67)46-21-11-8-12-22-46)42-61-62(60)70(58-39-37-54-52-23-15-13-17-43(52)25-35-56(54)63(58)74)59-40-38-55-53-24-16-14-18-44(53)26-36-57(55)64(59)75(61)51-33-29-49(30-34-51)69(4,5)6/h7-42H,1-6H3. The minimum absolute atomic E-state index is 0.0272. The molecular weight excluding hydrogens is 910 g/mol. The third kappa shape index (κ3) is 7.26. The van der Waals surface area contributed by atoms with E-state index >= 15 is 0 Å². The fourth-order valence-electron chi connectivity index (χ4n) is 12.0. The first-order chi connectivity index (χ1) is 36.5. The van der Waals surface area contributed by atoms with Crippen LogP contribution in [0.1, 0.15) is 52.7 Å². The second-order valence-electron chi connectivity index (χ2n) is 22.4. The molecule has 2 aliphatic heterocycles. The van der Waals surface area contributed by atoms with Gasteiger partial charge in [-0.1, -0.05) is 224 Å². The molecule has 12 aromatic rings. The van der Waals surface area contributed by atoms with Crippen molar-refractivity contribution in [3.63, 3.8) is 0 Å². The van der Waals surface area contributed by atoms with Crippen molar-refractivity contribution < 1.29 is 0 Å². The maximum atomic E-state index is 5.43. The number of rotatable bonds is 5. The molecule has 0 radical (unpaired) electrons. The average Bonchev–Trinajstić information content (AvgIpc) is 3.50. The quantitative estimate of drug-likeness (QED) is 0.127. The molecule has 1 aromatic heterocycles. The summed E-state index contributed by atoms with van der Waals surface area (Å²) in [7, 11) is 0. The van der Waals surface area contributed by atoms with E-state index in [1.807, 2.05) is 36.4 Å². The number of benzene rings is 11. The van der Waals surface area contributed by atoms with Gasteiger partial charge in [0, 0.05) is 61.6 Å². The molecule has 0 aliphatic carbocycles. The molecule has 0 unspecified atom stereocenters. The van der Waals surface area contributed by atoms with E-state index < -0.39 is 0 Å². The van der Waals surface area contributed by atoms with Crippen LogP contribution in [-0.2, 0) is 10.8 Å². The summed E-state index contributed by atoms with van der Waals surface area (Å²) in [5, 5.41) is 9.77. The summed E-state index contributed by atoms with van der Waals surface area (Å²) in [5.74, 6) is 1.85. The first-order valence-corrected chi connectivity index (χ1v) is 26.2. The number of aromatic nitrogens is 3. The highest BCUT2D eigenvalue weighted by Gasteiger charge is 2.45. The molecule has 0 saturated heterocycles. The summed E-state index contributed by atoms with van der Waals surface area (Å²) in [6.07, 6.45) is 0. The second kappa shape index (κ2) is 16.8. The zero-order valence-corrected chi connectivity index (χ0v) is 43.1. The van der Waals surface area contributed by atoms with E-state index in [4.69, 9.17) is 15.0 Å². The Bertz CT molecular complexity index is 3980. The summed E-state index contributed by atoms with van der Waals surface area (Å²) in [6, 6.07) is 80.4. The smallest absolute Gasteiger partial charge is 0.252 e. The number of anilines is 6. The largest absolute Gasteiger partial charge is 0.311 e. The first kappa shape index (κ1) is 44.8. The SMILES string of the molecule is CC(C)(C)c1ccc(N2c3cc(-c4nc(-c5ccccc5)nc(-c5ccccc5)n4)cc4c3B(c3ccc5c(ccc6ccccc65)c32)c2ccc3c(ccc5ccccc53)c2N4c2ccc(C(C)(C)C)cc2)cc1. The minimum Gasteiger partial charge on any atom is -0.311 e. The third-order valence-corrected chi connectivity index (χ3v) is 15.8. The predicted molar refractivity (Wildman–Crippen MR) is 318 cm³/mol. The van der Waals surface area contributed by atoms with E-state index in [1.165, 1.54) is 82.0 Å².